The number of hydrogen-bond acceptors (Lipinski definition) is 3. The van der Waals surface area contributed by atoms with Crippen molar-refractivity contribution in [1.29, 1.82) is 0 Å². The van der Waals surface area contributed by atoms with Crippen LogP contribution in [0, 0.1) is 11.8 Å². The Morgan fingerprint density at radius 1 is 1.33 bits per heavy atom. The van der Waals surface area contributed by atoms with Crippen LogP contribution in [0.4, 0.5) is 11.4 Å². The van der Waals surface area contributed by atoms with E-state index in [1.807, 2.05) is 0 Å². The summed E-state index contributed by atoms with van der Waals surface area (Å²) < 4.78 is 0. The smallest absolute Gasteiger partial charge is 0.227 e. The molecular formula is C17H26N2O2. The summed E-state index contributed by atoms with van der Waals surface area (Å²) in [4.78, 5) is 12.3. The molecule has 0 radical (unpaired) electrons. The molecule has 0 atom stereocenters. The number of nitrogen functional groups attached to an aromatic ring is 1. The van der Waals surface area contributed by atoms with Gasteiger partial charge in [-0.1, -0.05) is 26.2 Å². The second kappa shape index (κ2) is 7.34. The quantitative estimate of drug-likeness (QED) is 0.568. The van der Waals surface area contributed by atoms with E-state index in [0.29, 0.717) is 11.4 Å². The minimum absolute atomic E-state index is 0.0568. The van der Waals surface area contributed by atoms with E-state index in [-0.39, 0.29) is 17.6 Å². The first-order valence-electron chi connectivity index (χ1n) is 7.99. The molecule has 1 aliphatic carbocycles. The molecule has 0 heterocycles. The molecule has 0 saturated heterocycles. The van der Waals surface area contributed by atoms with Crippen LogP contribution >= 0.6 is 0 Å². The molecule has 4 N–H and O–H groups in total. The van der Waals surface area contributed by atoms with Gasteiger partial charge in [-0.2, -0.15) is 0 Å². The molecule has 0 aromatic heterocycles. The van der Waals surface area contributed by atoms with E-state index >= 15 is 0 Å². The number of carbonyl (C=O) groups is 1. The van der Waals surface area contributed by atoms with Gasteiger partial charge >= 0.3 is 0 Å². The second-order valence-electron chi connectivity index (χ2n) is 6.12. The van der Waals surface area contributed by atoms with Gasteiger partial charge in [0, 0.05) is 12.0 Å². The standard InChI is InChI=1S/C17H26N2O2/c1-2-3-4-12-5-7-13(8-6-12)17(21)19-16-10-9-14(20)11-15(16)18/h9-13,20H,2-8,18H2,1H3,(H,19,21). The van der Waals surface area contributed by atoms with Crippen molar-refractivity contribution in [2.45, 2.75) is 51.9 Å². The normalized spacial score (nSPS) is 22.0. The van der Waals surface area contributed by atoms with Crippen LogP contribution in [0.1, 0.15) is 51.9 Å². The maximum atomic E-state index is 12.3. The van der Waals surface area contributed by atoms with Crippen molar-refractivity contribution in [3.05, 3.63) is 18.2 Å². The first kappa shape index (κ1) is 15.7. The average molecular weight is 290 g/mol. The van der Waals surface area contributed by atoms with E-state index in [4.69, 9.17) is 5.73 Å². The Hall–Kier alpha value is -1.71. The van der Waals surface area contributed by atoms with Crippen LogP contribution in [0.15, 0.2) is 18.2 Å². The molecule has 1 aromatic rings. The van der Waals surface area contributed by atoms with Crippen molar-refractivity contribution < 1.29 is 9.90 Å². The molecule has 1 aliphatic rings. The number of carbonyl (C=O) groups excluding carboxylic acids is 1. The van der Waals surface area contributed by atoms with Crippen LogP contribution < -0.4 is 11.1 Å². The summed E-state index contributed by atoms with van der Waals surface area (Å²) in [6.07, 6.45) is 8.10. The summed E-state index contributed by atoms with van der Waals surface area (Å²) in [7, 11) is 0. The van der Waals surface area contributed by atoms with Crippen LogP contribution in [0.5, 0.6) is 5.75 Å². The molecule has 116 valence electrons. The number of anilines is 2. The summed E-state index contributed by atoms with van der Waals surface area (Å²) in [5.74, 6) is 1.06. The van der Waals surface area contributed by atoms with Crippen LogP contribution in [0.25, 0.3) is 0 Å². The third-order valence-corrected chi connectivity index (χ3v) is 4.48. The maximum Gasteiger partial charge on any atom is 0.227 e. The molecule has 1 aromatic carbocycles. The van der Waals surface area contributed by atoms with Crippen molar-refractivity contribution in [2.75, 3.05) is 11.1 Å². The predicted molar refractivity (Wildman–Crippen MR) is 86.1 cm³/mol. The van der Waals surface area contributed by atoms with Gasteiger partial charge in [0.2, 0.25) is 5.91 Å². The fraction of sp³-hybridized carbons (Fsp3) is 0.588. The van der Waals surface area contributed by atoms with E-state index in [2.05, 4.69) is 12.2 Å². The number of amides is 1. The van der Waals surface area contributed by atoms with Crippen LogP contribution in [0.3, 0.4) is 0 Å². The van der Waals surface area contributed by atoms with E-state index in [1.54, 1.807) is 6.07 Å². The van der Waals surface area contributed by atoms with Gasteiger partial charge in [0.15, 0.2) is 0 Å². The lowest BCUT2D eigenvalue weighted by Crippen LogP contribution is -2.27. The predicted octanol–water partition coefficient (Wildman–Crippen LogP) is 3.91. The van der Waals surface area contributed by atoms with E-state index in [9.17, 15) is 9.90 Å². The highest BCUT2D eigenvalue weighted by atomic mass is 16.3. The fourth-order valence-corrected chi connectivity index (χ4v) is 3.10. The number of benzene rings is 1. The second-order valence-corrected chi connectivity index (χ2v) is 6.12. The lowest BCUT2D eigenvalue weighted by Gasteiger charge is -2.27. The first-order valence-corrected chi connectivity index (χ1v) is 7.99. The SMILES string of the molecule is CCCCC1CCC(C(=O)Nc2ccc(O)cc2N)CC1. The Balaban J connectivity index is 1.84. The summed E-state index contributed by atoms with van der Waals surface area (Å²) in [5, 5.41) is 12.2. The number of rotatable bonds is 5. The lowest BCUT2D eigenvalue weighted by atomic mass is 9.79. The van der Waals surface area contributed by atoms with Gasteiger partial charge in [0.05, 0.1) is 11.4 Å². The molecule has 1 saturated carbocycles. The Bertz CT molecular complexity index is 480. The highest BCUT2D eigenvalue weighted by Gasteiger charge is 2.26. The van der Waals surface area contributed by atoms with Crippen molar-refractivity contribution in [1.82, 2.24) is 0 Å². The minimum Gasteiger partial charge on any atom is -0.508 e. The Labute approximate surface area is 126 Å². The van der Waals surface area contributed by atoms with Crippen LogP contribution in [-0.4, -0.2) is 11.0 Å². The molecule has 21 heavy (non-hydrogen) atoms. The molecule has 1 fully saturated rings. The first-order chi connectivity index (χ1) is 10.1. The largest absolute Gasteiger partial charge is 0.508 e. The fourth-order valence-electron chi connectivity index (χ4n) is 3.10. The Morgan fingerprint density at radius 2 is 2.05 bits per heavy atom. The van der Waals surface area contributed by atoms with Gasteiger partial charge in [-0.3, -0.25) is 4.79 Å². The monoisotopic (exact) mass is 290 g/mol. The van der Waals surface area contributed by atoms with Crippen LogP contribution in [-0.2, 0) is 4.79 Å². The van der Waals surface area contributed by atoms with Crippen molar-refractivity contribution in [3.8, 4) is 5.75 Å². The highest BCUT2D eigenvalue weighted by molar-refractivity contribution is 5.95. The summed E-state index contributed by atoms with van der Waals surface area (Å²) >= 11 is 0. The number of unbranched alkanes of at least 4 members (excludes halogenated alkanes) is 1. The van der Waals surface area contributed by atoms with Crippen molar-refractivity contribution in [2.24, 2.45) is 11.8 Å². The molecule has 4 heteroatoms. The number of hydrogen-bond donors (Lipinski definition) is 3. The molecular weight excluding hydrogens is 264 g/mol. The number of phenols is 1. The summed E-state index contributed by atoms with van der Waals surface area (Å²) in [6, 6.07) is 4.64. The van der Waals surface area contributed by atoms with Gasteiger partial charge in [0.25, 0.3) is 0 Å². The zero-order chi connectivity index (χ0) is 15.2. The number of phenolic OH excluding ortho intramolecular Hbond substituents is 1. The summed E-state index contributed by atoms with van der Waals surface area (Å²) in [5.41, 5.74) is 6.79. The van der Waals surface area contributed by atoms with E-state index < -0.39 is 0 Å². The third-order valence-electron chi connectivity index (χ3n) is 4.48. The molecule has 0 bridgehead atoms. The topological polar surface area (TPSA) is 75.3 Å². The Kier molecular flexibility index (Phi) is 5.48. The van der Waals surface area contributed by atoms with Crippen LogP contribution in [0.2, 0.25) is 0 Å². The van der Waals surface area contributed by atoms with Gasteiger partial charge in [0.1, 0.15) is 5.75 Å². The van der Waals surface area contributed by atoms with E-state index in [0.717, 1.165) is 31.6 Å². The molecule has 0 unspecified atom stereocenters. The summed E-state index contributed by atoms with van der Waals surface area (Å²) in [6.45, 7) is 2.22. The van der Waals surface area contributed by atoms with Crippen molar-refractivity contribution >= 4 is 17.3 Å². The molecule has 0 spiro atoms. The average Bonchev–Trinajstić information content (AvgIpc) is 2.48. The Morgan fingerprint density at radius 3 is 2.67 bits per heavy atom. The molecule has 1 amide bonds. The highest BCUT2D eigenvalue weighted by Crippen LogP contribution is 2.33. The zero-order valence-corrected chi connectivity index (χ0v) is 12.8. The van der Waals surface area contributed by atoms with Crippen molar-refractivity contribution in [3.63, 3.8) is 0 Å². The third kappa shape index (κ3) is 4.38. The lowest BCUT2D eigenvalue weighted by molar-refractivity contribution is -0.121. The van der Waals surface area contributed by atoms with Gasteiger partial charge in [-0.25, -0.2) is 0 Å². The molecule has 4 nitrogen and oxygen atoms in total. The van der Waals surface area contributed by atoms with Gasteiger partial charge in [-0.05, 0) is 43.7 Å². The molecule has 2 rings (SSSR count). The van der Waals surface area contributed by atoms with Gasteiger partial charge in [-0.15, -0.1) is 0 Å². The number of nitrogens with one attached hydrogen (secondary N) is 1. The number of aromatic hydroxyl groups is 1. The van der Waals surface area contributed by atoms with E-state index in [1.165, 1.54) is 31.4 Å². The minimum atomic E-state index is 0.0568. The zero-order valence-electron chi connectivity index (χ0n) is 12.8. The maximum absolute atomic E-state index is 12.3. The molecule has 0 aliphatic heterocycles. The number of nitrogens with two attached hydrogens (primary N) is 1. The van der Waals surface area contributed by atoms with Gasteiger partial charge < -0.3 is 16.2 Å².